The van der Waals surface area contributed by atoms with Crippen molar-refractivity contribution >= 4 is 0 Å². The summed E-state index contributed by atoms with van der Waals surface area (Å²) in [7, 11) is 0. The molecule has 0 aromatic heterocycles. The number of para-hydroxylation sites is 1. The van der Waals surface area contributed by atoms with Crippen LogP contribution >= 0.6 is 0 Å². The number of hydrogen-bond acceptors (Lipinski definition) is 1. The van der Waals surface area contributed by atoms with Crippen molar-refractivity contribution in [2.45, 2.75) is 52.4 Å². The van der Waals surface area contributed by atoms with Gasteiger partial charge < -0.3 is 5.11 Å². The minimum atomic E-state index is 0.0163. The van der Waals surface area contributed by atoms with Gasteiger partial charge in [-0.05, 0) is 44.7 Å². The average molecular weight is 359 g/mol. The second kappa shape index (κ2) is 6.88. The summed E-state index contributed by atoms with van der Waals surface area (Å²) >= 11 is 0. The number of phenols is 1. The summed E-state index contributed by atoms with van der Waals surface area (Å²) in [5.74, 6) is 0.315. The normalized spacial score (nSPS) is 12.2. The van der Waals surface area contributed by atoms with E-state index < -0.39 is 0 Å². The Bertz CT molecular complexity index is 920. The minimum absolute atomic E-state index is 0.0163. The Morgan fingerprint density at radius 2 is 0.963 bits per heavy atom. The van der Waals surface area contributed by atoms with Crippen LogP contribution in [0.4, 0.5) is 0 Å². The van der Waals surface area contributed by atoms with E-state index in [9.17, 15) is 5.11 Å². The number of phenolic OH excluding ortho intramolecular Hbond substituents is 1. The molecule has 0 bridgehead atoms. The summed E-state index contributed by atoms with van der Waals surface area (Å²) in [5, 5.41) is 10.5. The highest BCUT2D eigenvalue weighted by atomic mass is 16.3. The maximum absolute atomic E-state index is 10.5. The molecule has 3 rings (SSSR count). The van der Waals surface area contributed by atoms with Gasteiger partial charge in [-0.3, -0.25) is 0 Å². The number of benzene rings is 3. The van der Waals surface area contributed by atoms with Gasteiger partial charge in [0.15, 0.2) is 0 Å². The molecule has 3 aromatic rings. The molecule has 0 aliphatic heterocycles. The third-order valence-electron chi connectivity index (χ3n) is 5.07. The Labute approximate surface area is 163 Å². The van der Waals surface area contributed by atoms with Crippen LogP contribution in [0.25, 0.3) is 22.3 Å². The Morgan fingerprint density at radius 1 is 0.519 bits per heavy atom. The highest BCUT2D eigenvalue weighted by Crippen LogP contribution is 2.45. The zero-order valence-corrected chi connectivity index (χ0v) is 17.3. The van der Waals surface area contributed by atoms with Crippen LogP contribution in [0, 0.1) is 0 Å². The second-order valence-electron chi connectivity index (χ2n) is 9.29. The standard InChI is InChI=1S/C26H30O/c1-25(2,3)21-15-11-16-22(26(4,5)6)24(21)20-14-8-7-12-18(20)19-13-9-10-17-23(19)27/h7-17,27H,1-6H3. The van der Waals surface area contributed by atoms with Crippen molar-refractivity contribution < 1.29 is 5.11 Å². The molecule has 1 N–H and O–H groups in total. The molecule has 0 fully saturated rings. The molecule has 0 heterocycles. The predicted molar refractivity (Wildman–Crippen MR) is 116 cm³/mol. The van der Waals surface area contributed by atoms with E-state index in [-0.39, 0.29) is 10.8 Å². The van der Waals surface area contributed by atoms with Crippen molar-refractivity contribution in [3.05, 3.63) is 77.9 Å². The van der Waals surface area contributed by atoms with Gasteiger partial charge in [-0.1, -0.05) is 102 Å². The van der Waals surface area contributed by atoms with Gasteiger partial charge in [-0.25, -0.2) is 0 Å². The summed E-state index contributed by atoms with van der Waals surface area (Å²) in [6.07, 6.45) is 0. The Balaban J connectivity index is 2.41. The third kappa shape index (κ3) is 3.78. The number of aromatic hydroxyl groups is 1. The molecule has 0 atom stereocenters. The van der Waals surface area contributed by atoms with E-state index in [4.69, 9.17) is 0 Å². The van der Waals surface area contributed by atoms with Gasteiger partial charge in [0, 0.05) is 5.56 Å². The molecule has 0 unspecified atom stereocenters. The third-order valence-corrected chi connectivity index (χ3v) is 5.07. The molecule has 0 saturated heterocycles. The maximum Gasteiger partial charge on any atom is 0.123 e. The Kier molecular flexibility index (Phi) is 4.90. The van der Waals surface area contributed by atoms with Gasteiger partial charge in [-0.2, -0.15) is 0 Å². The average Bonchev–Trinajstić information content (AvgIpc) is 2.60. The minimum Gasteiger partial charge on any atom is -0.507 e. The quantitative estimate of drug-likeness (QED) is 0.509. The Hall–Kier alpha value is -2.54. The van der Waals surface area contributed by atoms with Crippen LogP contribution in [0.2, 0.25) is 0 Å². The first-order valence-corrected chi connectivity index (χ1v) is 9.62. The van der Waals surface area contributed by atoms with Crippen molar-refractivity contribution in [3.8, 4) is 28.0 Å². The fourth-order valence-corrected chi connectivity index (χ4v) is 3.73. The van der Waals surface area contributed by atoms with Crippen LogP contribution in [0.1, 0.15) is 52.7 Å². The van der Waals surface area contributed by atoms with Gasteiger partial charge in [0.25, 0.3) is 0 Å². The van der Waals surface area contributed by atoms with Crippen LogP contribution in [-0.4, -0.2) is 5.11 Å². The largest absolute Gasteiger partial charge is 0.507 e. The van der Waals surface area contributed by atoms with Crippen molar-refractivity contribution in [2.75, 3.05) is 0 Å². The summed E-state index contributed by atoms with van der Waals surface area (Å²) in [4.78, 5) is 0. The fourth-order valence-electron chi connectivity index (χ4n) is 3.73. The van der Waals surface area contributed by atoms with Crippen LogP contribution in [-0.2, 0) is 10.8 Å². The lowest BCUT2D eigenvalue weighted by Gasteiger charge is -2.31. The van der Waals surface area contributed by atoms with Crippen molar-refractivity contribution in [1.82, 2.24) is 0 Å². The van der Waals surface area contributed by atoms with Crippen molar-refractivity contribution in [3.63, 3.8) is 0 Å². The lowest BCUT2D eigenvalue weighted by atomic mass is 9.73. The van der Waals surface area contributed by atoms with Gasteiger partial charge in [0.05, 0.1) is 0 Å². The molecule has 1 heteroatoms. The van der Waals surface area contributed by atoms with Gasteiger partial charge in [0.2, 0.25) is 0 Å². The van der Waals surface area contributed by atoms with E-state index in [0.717, 1.165) is 11.1 Å². The van der Waals surface area contributed by atoms with Gasteiger partial charge >= 0.3 is 0 Å². The molecule has 0 aliphatic carbocycles. The predicted octanol–water partition coefficient (Wildman–Crippen LogP) is 7.32. The molecule has 0 saturated carbocycles. The summed E-state index contributed by atoms with van der Waals surface area (Å²) in [6.45, 7) is 13.6. The van der Waals surface area contributed by atoms with E-state index in [1.54, 1.807) is 6.07 Å². The highest BCUT2D eigenvalue weighted by molar-refractivity contribution is 5.89. The second-order valence-corrected chi connectivity index (χ2v) is 9.29. The lowest BCUT2D eigenvalue weighted by molar-refractivity contribution is 0.477. The maximum atomic E-state index is 10.5. The first-order chi connectivity index (χ1) is 12.6. The number of hydrogen-bond donors (Lipinski definition) is 1. The van der Waals surface area contributed by atoms with Crippen LogP contribution in [0.5, 0.6) is 5.75 Å². The first kappa shape index (κ1) is 19.2. The van der Waals surface area contributed by atoms with Crippen LogP contribution in [0.3, 0.4) is 0 Å². The molecule has 27 heavy (non-hydrogen) atoms. The molecule has 0 spiro atoms. The van der Waals surface area contributed by atoms with E-state index in [1.165, 1.54) is 22.3 Å². The molecular weight excluding hydrogens is 328 g/mol. The molecule has 0 radical (unpaired) electrons. The van der Waals surface area contributed by atoms with E-state index in [2.05, 4.69) is 77.9 Å². The Morgan fingerprint density at radius 3 is 1.44 bits per heavy atom. The van der Waals surface area contributed by atoms with E-state index in [1.807, 2.05) is 24.3 Å². The number of rotatable bonds is 2. The summed E-state index contributed by atoms with van der Waals surface area (Å²) < 4.78 is 0. The zero-order chi connectivity index (χ0) is 19.8. The summed E-state index contributed by atoms with van der Waals surface area (Å²) in [6, 6.07) is 22.7. The fraction of sp³-hybridized carbons (Fsp3) is 0.308. The molecule has 1 nitrogen and oxygen atoms in total. The molecule has 3 aromatic carbocycles. The molecule has 0 amide bonds. The highest BCUT2D eigenvalue weighted by Gasteiger charge is 2.27. The zero-order valence-electron chi connectivity index (χ0n) is 17.3. The van der Waals surface area contributed by atoms with Crippen LogP contribution in [0.15, 0.2) is 66.7 Å². The topological polar surface area (TPSA) is 20.2 Å². The smallest absolute Gasteiger partial charge is 0.123 e. The van der Waals surface area contributed by atoms with Crippen molar-refractivity contribution in [2.24, 2.45) is 0 Å². The monoisotopic (exact) mass is 358 g/mol. The van der Waals surface area contributed by atoms with E-state index >= 15 is 0 Å². The SMILES string of the molecule is CC(C)(C)c1cccc(C(C)(C)C)c1-c1ccccc1-c1ccccc1O. The molecule has 0 aliphatic rings. The van der Waals surface area contributed by atoms with Gasteiger partial charge in [-0.15, -0.1) is 0 Å². The van der Waals surface area contributed by atoms with Gasteiger partial charge in [0.1, 0.15) is 5.75 Å². The van der Waals surface area contributed by atoms with Crippen molar-refractivity contribution in [1.29, 1.82) is 0 Å². The molecule has 140 valence electrons. The molecular formula is C26H30O. The first-order valence-electron chi connectivity index (χ1n) is 9.62. The lowest BCUT2D eigenvalue weighted by Crippen LogP contribution is -2.19. The summed E-state index contributed by atoms with van der Waals surface area (Å²) in [5.41, 5.74) is 7.10. The van der Waals surface area contributed by atoms with Crippen LogP contribution < -0.4 is 0 Å². The van der Waals surface area contributed by atoms with E-state index in [0.29, 0.717) is 5.75 Å².